The first-order valence-electron chi connectivity index (χ1n) is 7.69. The molecule has 0 aromatic heterocycles. The topological polar surface area (TPSA) is 35.5 Å². The largest absolute Gasteiger partial charge is 0.388 e. The van der Waals surface area contributed by atoms with Crippen molar-refractivity contribution in [2.24, 2.45) is 16.7 Å². The number of hydrogen-bond donors (Lipinski definition) is 2. The molecule has 112 valence electrons. The molecule has 2 rings (SSSR count). The Balaban J connectivity index is 1.95. The number of hydrogen-bond acceptors (Lipinski definition) is 3. The van der Waals surface area contributed by atoms with E-state index < -0.39 is 5.60 Å². The highest BCUT2D eigenvalue weighted by molar-refractivity contribution is 5.13. The minimum Gasteiger partial charge on any atom is -0.388 e. The third kappa shape index (κ3) is 2.57. The van der Waals surface area contributed by atoms with Gasteiger partial charge in [0, 0.05) is 19.1 Å². The highest BCUT2D eigenvalue weighted by Crippen LogP contribution is 2.65. The monoisotopic (exact) mass is 268 g/mol. The standard InChI is InChI=1S/C16H32N2O/c1-14(2)12-7-8-16(14,4)13(9-12)17-10-15(3,19)11-18(5)6/h12-13,17,19H,7-11H2,1-6H3. The summed E-state index contributed by atoms with van der Waals surface area (Å²) in [4.78, 5) is 2.05. The average molecular weight is 268 g/mol. The van der Waals surface area contributed by atoms with Crippen LogP contribution in [0, 0.1) is 16.7 Å². The molecule has 0 amide bonds. The molecule has 2 aliphatic rings. The second-order valence-electron chi connectivity index (χ2n) is 8.28. The van der Waals surface area contributed by atoms with Crippen molar-refractivity contribution in [2.75, 3.05) is 27.2 Å². The summed E-state index contributed by atoms with van der Waals surface area (Å²) in [5.74, 6) is 0.855. The van der Waals surface area contributed by atoms with Gasteiger partial charge in [0.2, 0.25) is 0 Å². The van der Waals surface area contributed by atoms with Gasteiger partial charge in [0.15, 0.2) is 0 Å². The van der Waals surface area contributed by atoms with Gasteiger partial charge in [-0.25, -0.2) is 0 Å². The van der Waals surface area contributed by atoms with Crippen LogP contribution in [0.4, 0.5) is 0 Å². The van der Waals surface area contributed by atoms with Crippen LogP contribution in [-0.2, 0) is 0 Å². The zero-order chi connectivity index (χ0) is 14.5. The molecular weight excluding hydrogens is 236 g/mol. The predicted molar refractivity (Wildman–Crippen MR) is 80.2 cm³/mol. The first kappa shape index (κ1) is 15.3. The molecule has 0 aromatic carbocycles. The van der Waals surface area contributed by atoms with E-state index in [1.165, 1.54) is 19.3 Å². The molecule has 0 spiro atoms. The second kappa shape index (κ2) is 4.71. The Morgan fingerprint density at radius 3 is 2.37 bits per heavy atom. The van der Waals surface area contributed by atoms with Crippen molar-refractivity contribution in [1.82, 2.24) is 10.2 Å². The fourth-order valence-corrected chi connectivity index (χ4v) is 4.59. The van der Waals surface area contributed by atoms with Gasteiger partial charge in [0.25, 0.3) is 0 Å². The molecule has 0 saturated heterocycles. The Morgan fingerprint density at radius 2 is 1.95 bits per heavy atom. The molecule has 4 unspecified atom stereocenters. The average Bonchev–Trinajstić information content (AvgIpc) is 2.56. The summed E-state index contributed by atoms with van der Waals surface area (Å²) in [5.41, 5.74) is 0.190. The fourth-order valence-electron chi connectivity index (χ4n) is 4.59. The molecule has 2 N–H and O–H groups in total. The van der Waals surface area contributed by atoms with Crippen molar-refractivity contribution < 1.29 is 5.11 Å². The van der Waals surface area contributed by atoms with Crippen LogP contribution < -0.4 is 5.32 Å². The fraction of sp³-hybridized carbons (Fsp3) is 1.00. The number of nitrogens with zero attached hydrogens (tertiary/aromatic N) is 1. The van der Waals surface area contributed by atoms with Crippen molar-refractivity contribution in [3.05, 3.63) is 0 Å². The summed E-state index contributed by atoms with van der Waals surface area (Å²) in [6.45, 7) is 10.6. The van der Waals surface area contributed by atoms with Gasteiger partial charge in [-0.05, 0) is 57.0 Å². The number of aliphatic hydroxyl groups is 1. The molecule has 0 heterocycles. The zero-order valence-corrected chi connectivity index (χ0v) is 13.6. The van der Waals surface area contributed by atoms with E-state index in [1.807, 2.05) is 25.9 Å². The lowest BCUT2D eigenvalue weighted by molar-refractivity contribution is 0.0228. The zero-order valence-electron chi connectivity index (χ0n) is 13.6. The lowest BCUT2D eigenvalue weighted by atomic mass is 9.69. The Hall–Kier alpha value is -0.120. The molecule has 2 fully saturated rings. The van der Waals surface area contributed by atoms with Gasteiger partial charge in [-0.15, -0.1) is 0 Å². The van der Waals surface area contributed by atoms with Crippen LogP contribution in [0.5, 0.6) is 0 Å². The van der Waals surface area contributed by atoms with Crippen LogP contribution in [0.1, 0.15) is 47.0 Å². The Labute approximate surface area is 118 Å². The second-order valence-corrected chi connectivity index (χ2v) is 8.28. The van der Waals surface area contributed by atoms with E-state index in [2.05, 4.69) is 26.1 Å². The minimum atomic E-state index is -0.647. The third-order valence-corrected chi connectivity index (χ3v) is 6.18. The van der Waals surface area contributed by atoms with Crippen LogP contribution in [0.25, 0.3) is 0 Å². The van der Waals surface area contributed by atoms with Crippen molar-refractivity contribution in [3.8, 4) is 0 Å². The molecule has 3 nitrogen and oxygen atoms in total. The van der Waals surface area contributed by atoms with E-state index >= 15 is 0 Å². The van der Waals surface area contributed by atoms with Gasteiger partial charge in [0.05, 0.1) is 5.60 Å². The highest BCUT2D eigenvalue weighted by atomic mass is 16.3. The molecule has 4 atom stereocenters. The van der Waals surface area contributed by atoms with E-state index in [-0.39, 0.29) is 0 Å². The maximum Gasteiger partial charge on any atom is 0.0869 e. The number of fused-ring (bicyclic) bond motifs is 2. The molecule has 0 aliphatic heterocycles. The first-order chi connectivity index (χ1) is 8.58. The Kier molecular flexibility index (Phi) is 3.79. The molecule has 2 saturated carbocycles. The quantitative estimate of drug-likeness (QED) is 0.801. The van der Waals surface area contributed by atoms with Crippen LogP contribution in [0.3, 0.4) is 0 Å². The van der Waals surface area contributed by atoms with Crippen molar-refractivity contribution in [3.63, 3.8) is 0 Å². The molecule has 2 aliphatic carbocycles. The van der Waals surface area contributed by atoms with Crippen LogP contribution in [-0.4, -0.2) is 48.8 Å². The SMILES string of the molecule is CN(C)CC(C)(O)CNC1CC2CCC1(C)C2(C)C. The van der Waals surface area contributed by atoms with Crippen molar-refractivity contribution in [1.29, 1.82) is 0 Å². The normalized spacial score (nSPS) is 39.8. The van der Waals surface area contributed by atoms with Crippen LogP contribution in [0.2, 0.25) is 0 Å². The first-order valence-corrected chi connectivity index (χ1v) is 7.69. The lowest BCUT2D eigenvalue weighted by Crippen LogP contribution is -2.52. The highest BCUT2D eigenvalue weighted by Gasteiger charge is 2.61. The molecule has 2 bridgehead atoms. The Bertz CT molecular complexity index is 338. The molecule has 0 aromatic rings. The van der Waals surface area contributed by atoms with Gasteiger partial charge >= 0.3 is 0 Å². The molecule has 19 heavy (non-hydrogen) atoms. The smallest absolute Gasteiger partial charge is 0.0869 e. The van der Waals surface area contributed by atoms with E-state index in [1.54, 1.807) is 0 Å². The van der Waals surface area contributed by atoms with Crippen molar-refractivity contribution >= 4 is 0 Å². The summed E-state index contributed by atoms with van der Waals surface area (Å²) in [6.07, 6.45) is 4.00. The maximum atomic E-state index is 10.4. The van der Waals surface area contributed by atoms with Gasteiger partial charge in [-0.1, -0.05) is 20.8 Å². The lowest BCUT2D eigenvalue weighted by Gasteiger charge is -2.41. The number of likely N-dealkylation sites (N-methyl/N-ethyl adjacent to an activating group) is 1. The maximum absolute atomic E-state index is 10.4. The van der Waals surface area contributed by atoms with E-state index in [0.717, 1.165) is 5.92 Å². The predicted octanol–water partition coefficient (Wildman–Crippen LogP) is 2.10. The van der Waals surface area contributed by atoms with Gasteiger partial charge in [-0.2, -0.15) is 0 Å². The molecule has 3 heteroatoms. The summed E-state index contributed by atoms with van der Waals surface area (Å²) in [7, 11) is 4.02. The molecular formula is C16H32N2O. The van der Waals surface area contributed by atoms with E-state index in [4.69, 9.17) is 0 Å². The minimum absolute atomic E-state index is 0.395. The van der Waals surface area contributed by atoms with E-state index in [0.29, 0.717) is 30.0 Å². The van der Waals surface area contributed by atoms with Crippen LogP contribution >= 0.6 is 0 Å². The Morgan fingerprint density at radius 1 is 1.32 bits per heavy atom. The molecule has 0 radical (unpaired) electrons. The summed E-state index contributed by atoms with van der Waals surface area (Å²) in [5, 5.41) is 14.1. The van der Waals surface area contributed by atoms with E-state index in [9.17, 15) is 5.11 Å². The van der Waals surface area contributed by atoms with Crippen LogP contribution in [0.15, 0.2) is 0 Å². The van der Waals surface area contributed by atoms with Crippen molar-refractivity contribution in [2.45, 2.75) is 58.6 Å². The third-order valence-electron chi connectivity index (χ3n) is 6.18. The summed E-state index contributed by atoms with van der Waals surface area (Å²) in [6, 6.07) is 0.565. The van der Waals surface area contributed by atoms with Gasteiger partial charge < -0.3 is 15.3 Å². The van der Waals surface area contributed by atoms with Gasteiger partial charge in [0.1, 0.15) is 0 Å². The summed E-state index contributed by atoms with van der Waals surface area (Å²) < 4.78 is 0. The number of rotatable bonds is 5. The summed E-state index contributed by atoms with van der Waals surface area (Å²) >= 11 is 0. The number of nitrogens with one attached hydrogen (secondary N) is 1. The van der Waals surface area contributed by atoms with Gasteiger partial charge in [-0.3, -0.25) is 0 Å².